The Morgan fingerprint density at radius 2 is 1.52 bits per heavy atom. The molecule has 2 rings (SSSR count). The highest BCUT2D eigenvalue weighted by Gasteiger charge is 2.28. The maximum Gasteiger partial charge on any atom is 0.329 e. The first-order valence-electron chi connectivity index (χ1n) is 11.4. The molecule has 0 spiro atoms. The van der Waals surface area contributed by atoms with Crippen molar-refractivity contribution in [2.75, 3.05) is 27.9 Å². The molecular formula is C24H36N2O7. The first-order valence-corrected chi connectivity index (χ1v) is 11.4. The number of esters is 1. The molecule has 33 heavy (non-hydrogen) atoms. The second-order valence-corrected chi connectivity index (χ2v) is 8.47. The number of carbonyl (C=O) groups excluding carboxylic acids is 3. The van der Waals surface area contributed by atoms with Gasteiger partial charge in [0, 0.05) is 11.6 Å². The highest BCUT2D eigenvalue weighted by Crippen LogP contribution is 2.38. The van der Waals surface area contributed by atoms with Gasteiger partial charge in [0.15, 0.2) is 18.1 Å². The van der Waals surface area contributed by atoms with Crippen LogP contribution in [0.4, 0.5) is 0 Å². The quantitative estimate of drug-likeness (QED) is 0.404. The molecule has 0 unspecified atom stereocenters. The summed E-state index contributed by atoms with van der Waals surface area (Å²) in [7, 11) is 4.37. The Morgan fingerprint density at radius 3 is 2.00 bits per heavy atom. The Hall–Kier alpha value is -2.97. The molecule has 0 heterocycles. The maximum atomic E-state index is 12.9. The predicted octanol–water partition coefficient (Wildman–Crippen LogP) is 2.85. The van der Waals surface area contributed by atoms with E-state index in [1.54, 1.807) is 13.8 Å². The fraction of sp³-hybridized carbons (Fsp3) is 0.625. The van der Waals surface area contributed by atoms with Gasteiger partial charge in [-0.2, -0.15) is 0 Å². The number of benzene rings is 1. The number of rotatable bonds is 10. The van der Waals surface area contributed by atoms with Crippen molar-refractivity contribution in [2.24, 2.45) is 5.92 Å². The predicted molar refractivity (Wildman–Crippen MR) is 123 cm³/mol. The van der Waals surface area contributed by atoms with Gasteiger partial charge in [0.25, 0.3) is 11.8 Å². The van der Waals surface area contributed by atoms with Crippen LogP contribution >= 0.6 is 0 Å². The molecule has 1 aliphatic carbocycles. The lowest BCUT2D eigenvalue weighted by molar-refractivity contribution is -0.151. The average Bonchev–Trinajstić information content (AvgIpc) is 3.08. The molecule has 2 amide bonds. The Labute approximate surface area is 195 Å². The Balaban J connectivity index is 2.00. The van der Waals surface area contributed by atoms with Gasteiger partial charge < -0.3 is 29.6 Å². The molecule has 1 atom stereocenters. The molecule has 1 aliphatic rings. The van der Waals surface area contributed by atoms with E-state index in [2.05, 4.69) is 10.6 Å². The molecular weight excluding hydrogens is 428 g/mol. The molecule has 0 saturated heterocycles. The molecule has 2 N–H and O–H groups in total. The van der Waals surface area contributed by atoms with E-state index in [9.17, 15) is 14.4 Å². The molecule has 0 aliphatic heterocycles. The molecule has 0 bridgehead atoms. The molecule has 0 radical (unpaired) electrons. The van der Waals surface area contributed by atoms with Crippen LogP contribution in [0.5, 0.6) is 17.2 Å². The van der Waals surface area contributed by atoms with Gasteiger partial charge in [-0.15, -0.1) is 0 Å². The monoisotopic (exact) mass is 464 g/mol. The Kier molecular flexibility index (Phi) is 10.3. The normalized spacial score (nSPS) is 15.2. The van der Waals surface area contributed by atoms with Crippen LogP contribution in [-0.4, -0.2) is 57.8 Å². The van der Waals surface area contributed by atoms with E-state index in [4.69, 9.17) is 18.9 Å². The number of ether oxygens (including phenoxy) is 4. The molecule has 1 saturated carbocycles. The van der Waals surface area contributed by atoms with Gasteiger partial charge >= 0.3 is 5.97 Å². The molecule has 1 aromatic rings. The van der Waals surface area contributed by atoms with E-state index in [-0.39, 0.29) is 30.0 Å². The van der Waals surface area contributed by atoms with Crippen molar-refractivity contribution >= 4 is 17.8 Å². The van der Waals surface area contributed by atoms with E-state index in [0.717, 1.165) is 25.7 Å². The average molecular weight is 465 g/mol. The third-order valence-electron chi connectivity index (χ3n) is 5.70. The fourth-order valence-corrected chi connectivity index (χ4v) is 3.85. The van der Waals surface area contributed by atoms with Gasteiger partial charge in [0.05, 0.1) is 21.3 Å². The van der Waals surface area contributed by atoms with E-state index in [1.807, 2.05) is 0 Å². The van der Waals surface area contributed by atoms with Crippen LogP contribution in [0.2, 0.25) is 0 Å². The van der Waals surface area contributed by atoms with E-state index < -0.39 is 17.9 Å². The molecule has 0 aromatic heterocycles. The topological polar surface area (TPSA) is 112 Å². The summed E-state index contributed by atoms with van der Waals surface area (Å²) in [5.74, 6) is -0.755. The summed E-state index contributed by atoms with van der Waals surface area (Å²) in [6, 6.07) is 2.20. The highest BCUT2D eigenvalue weighted by atomic mass is 16.5. The van der Waals surface area contributed by atoms with Gasteiger partial charge in [0.2, 0.25) is 5.75 Å². The molecule has 1 aromatic carbocycles. The summed E-state index contributed by atoms with van der Waals surface area (Å²) >= 11 is 0. The first-order chi connectivity index (χ1) is 15.8. The highest BCUT2D eigenvalue weighted by molar-refractivity contribution is 5.98. The molecule has 9 nitrogen and oxygen atoms in total. The summed E-state index contributed by atoms with van der Waals surface area (Å²) in [6.45, 7) is 3.19. The lowest BCUT2D eigenvalue weighted by Crippen LogP contribution is -2.46. The third kappa shape index (κ3) is 7.54. The minimum absolute atomic E-state index is 0.124. The van der Waals surface area contributed by atoms with Gasteiger partial charge in [-0.3, -0.25) is 9.59 Å². The molecule has 1 fully saturated rings. The van der Waals surface area contributed by atoms with Gasteiger partial charge in [-0.1, -0.05) is 39.5 Å². The summed E-state index contributed by atoms with van der Waals surface area (Å²) in [5.41, 5.74) is 0.231. The van der Waals surface area contributed by atoms with Crippen LogP contribution in [-0.2, 0) is 14.3 Å². The zero-order valence-corrected chi connectivity index (χ0v) is 20.2. The zero-order chi connectivity index (χ0) is 24.4. The van der Waals surface area contributed by atoms with Crippen LogP contribution in [0.25, 0.3) is 0 Å². The fourth-order valence-electron chi connectivity index (χ4n) is 3.85. The Morgan fingerprint density at radius 1 is 0.939 bits per heavy atom. The molecule has 184 valence electrons. The number of nitrogens with one attached hydrogen (secondary N) is 2. The summed E-state index contributed by atoms with van der Waals surface area (Å²) in [5, 5.41) is 5.63. The van der Waals surface area contributed by atoms with E-state index in [1.165, 1.54) is 46.3 Å². The van der Waals surface area contributed by atoms with Crippen molar-refractivity contribution in [1.82, 2.24) is 10.6 Å². The Bertz CT molecular complexity index is 792. The van der Waals surface area contributed by atoms with Crippen LogP contribution in [0.3, 0.4) is 0 Å². The minimum atomic E-state index is -0.928. The van der Waals surface area contributed by atoms with Crippen molar-refractivity contribution in [3.05, 3.63) is 17.7 Å². The zero-order valence-electron chi connectivity index (χ0n) is 20.2. The number of hydrogen-bond donors (Lipinski definition) is 2. The van der Waals surface area contributed by atoms with Crippen LogP contribution in [0.15, 0.2) is 12.1 Å². The SMILES string of the molecule is COc1cc(C(=O)N[C@@H](C(=O)OCC(=O)NC2CCCCCC2)C(C)C)cc(OC)c1OC. The van der Waals surface area contributed by atoms with E-state index >= 15 is 0 Å². The second-order valence-electron chi connectivity index (χ2n) is 8.47. The summed E-state index contributed by atoms with van der Waals surface area (Å²) < 4.78 is 21.1. The van der Waals surface area contributed by atoms with E-state index in [0.29, 0.717) is 17.2 Å². The van der Waals surface area contributed by atoms with Gasteiger partial charge in [0.1, 0.15) is 6.04 Å². The smallest absolute Gasteiger partial charge is 0.329 e. The number of carbonyl (C=O) groups is 3. The number of methoxy groups -OCH3 is 3. The third-order valence-corrected chi connectivity index (χ3v) is 5.70. The second kappa shape index (κ2) is 12.9. The first kappa shape index (κ1) is 26.3. The number of hydrogen-bond acceptors (Lipinski definition) is 7. The largest absolute Gasteiger partial charge is 0.493 e. The maximum absolute atomic E-state index is 12.9. The van der Waals surface area contributed by atoms with Crippen molar-refractivity contribution in [3.8, 4) is 17.2 Å². The van der Waals surface area contributed by atoms with Crippen LogP contribution in [0, 0.1) is 5.92 Å². The van der Waals surface area contributed by atoms with Crippen LogP contribution in [0.1, 0.15) is 62.7 Å². The van der Waals surface area contributed by atoms with Crippen molar-refractivity contribution in [3.63, 3.8) is 0 Å². The standard InChI is InChI=1S/C24H36N2O7/c1-15(2)21(24(29)33-14-20(27)25-17-10-8-6-7-9-11-17)26-23(28)16-12-18(30-3)22(32-5)19(13-16)31-4/h12-13,15,17,21H,6-11,14H2,1-5H3,(H,25,27)(H,26,28)/t21-/m1/s1. The van der Waals surface area contributed by atoms with Gasteiger partial charge in [-0.05, 0) is 30.9 Å². The van der Waals surface area contributed by atoms with Crippen molar-refractivity contribution < 1.29 is 33.3 Å². The molecule has 9 heteroatoms. The summed E-state index contributed by atoms with van der Waals surface area (Å²) in [6.07, 6.45) is 6.44. The van der Waals surface area contributed by atoms with Crippen molar-refractivity contribution in [1.29, 1.82) is 0 Å². The lowest BCUT2D eigenvalue weighted by Gasteiger charge is -2.22. The lowest BCUT2D eigenvalue weighted by atomic mass is 10.0. The summed E-state index contributed by atoms with van der Waals surface area (Å²) in [4.78, 5) is 37.8. The minimum Gasteiger partial charge on any atom is -0.493 e. The number of amides is 2. The van der Waals surface area contributed by atoms with Crippen LogP contribution < -0.4 is 24.8 Å². The van der Waals surface area contributed by atoms with Gasteiger partial charge in [-0.25, -0.2) is 4.79 Å². The van der Waals surface area contributed by atoms with Crippen molar-refractivity contribution in [2.45, 2.75) is 64.5 Å².